The van der Waals surface area contributed by atoms with Gasteiger partial charge in [0.2, 0.25) is 0 Å². The number of Topliss-reactive ketones (excluding diaryl/α,β-unsaturated/α-hetero) is 1. The summed E-state index contributed by atoms with van der Waals surface area (Å²) in [5.74, 6) is -1.25. The average molecular weight is 510 g/mol. The van der Waals surface area contributed by atoms with Crippen molar-refractivity contribution in [2.24, 2.45) is 0 Å². The van der Waals surface area contributed by atoms with E-state index in [1.807, 2.05) is 0 Å². The minimum atomic E-state index is -1.05. The highest BCUT2D eigenvalue weighted by Crippen LogP contribution is 2.45. The number of halogens is 2. The van der Waals surface area contributed by atoms with E-state index in [-0.39, 0.29) is 22.0 Å². The van der Waals surface area contributed by atoms with Gasteiger partial charge >= 0.3 is 0 Å². The van der Waals surface area contributed by atoms with Crippen LogP contribution in [0.25, 0.3) is 5.76 Å². The van der Waals surface area contributed by atoms with Gasteiger partial charge < -0.3 is 19.3 Å². The number of hydrogen-bond acceptors (Lipinski definition) is 6. The number of amides is 1. The Balaban J connectivity index is 1.73. The molecular formula is C27H21ClFNO6. The van der Waals surface area contributed by atoms with Gasteiger partial charge in [-0.1, -0.05) is 17.7 Å². The SMILES string of the molecule is COc1ccc(C2/C(=C(\O)c3ccc4c(c3)CCO4)C(=O)C(=O)N2c2ccc(F)c(Cl)c2)cc1OC. The second-order valence-corrected chi connectivity index (χ2v) is 8.71. The maximum absolute atomic E-state index is 13.9. The molecule has 1 N–H and O–H groups in total. The molecule has 9 heteroatoms. The van der Waals surface area contributed by atoms with Crippen molar-refractivity contribution < 1.29 is 33.3 Å². The molecule has 0 aromatic heterocycles. The van der Waals surface area contributed by atoms with Crippen LogP contribution in [-0.4, -0.2) is 37.6 Å². The van der Waals surface area contributed by atoms with Gasteiger partial charge in [0.15, 0.2) is 11.5 Å². The number of fused-ring (bicyclic) bond motifs is 1. The molecule has 1 unspecified atom stereocenters. The van der Waals surface area contributed by atoms with Gasteiger partial charge in [0, 0.05) is 17.7 Å². The second kappa shape index (κ2) is 9.20. The first-order chi connectivity index (χ1) is 17.3. The monoisotopic (exact) mass is 509 g/mol. The zero-order valence-corrected chi connectivity index (χ0v) is 20.1. The van der Waals surface area contributed by atoms with E-state index < -0.39 is 23.5 Å². The third-order valence-electron chi connectivity index (χ3n) is 6.31. The van der Waals surface area contributed by atoms with Crippen molar-refractivity contribution in [1.82, 2.24) is 0 Å². The number of carbonyl (C=O) groups is 2. The summed E-state index contributed by atoms with van der Waals surface area (Å²) in [6, 6.07) is 12.7. The standard InChI is InChI=1S/C27H21ClFNO6/c1-34-21-8-3-15(12-22(21)35-2)24-23(25(31)16-4-7-20-14(11-16)9-10-36-20)26(32)27(33)30(24)17-5-6-19(29)18(28)13-17/h3-8,11-13,24,31H,9-10H2,1-2H3/b25-23+. The van der Waals surface area contributed by atoms with Gasteiger partial charge in [0.05, 0.1) is 37.5 Å². The van der Waals surface area contributed by atoms with Crippen LogP contribution in [0.4, 0.5) is 10.1 Å². The Morgan fingerprint density at radius 2 is 1.83 bits per heavy atom. The number of anilines is 1. The zero-order valence-electron chi connectivity index (χ0n) is 19.4. The van der Waals surface area contributed by atoms with Gasteiger partial charge in [-0.15, -0.1) is 0 Å². The lowest BCUT2D eigenvalue weighted by Gasteiger charge is -2.26. The van der Waals surface area contributed by atoms with E-state index in [1.165, 1.54) is 31.3 Å². The number of ketones is 1. The summed E-state index contributed by atoms with van der Waals surface area (Å²) in [7, 11) is 2.95. The molecule has 7 nitrogen and oxygen atoms in total. The molecule has 0 bridgehead atoms. The Morgan fingerprint density at radius 1 is 1.06 bits per heavy atom. The number of benzene rings is 3. The topological polar surface area (TPSA) is 85.3 Å². The van der Waals surface area contributed by atoms with E-state index >= 15 is 0 Å². The second-order valence-electron chi connectivity index (χ2n) is 8.30. The van der Waals surface area contributed by atoms with Crippen molar-refractivity contribution in [3.63, 3.8) is 0 Å². The van der Waals surface area contributed by atoms with Gasteiger partial charge in [-0.05, 0) is 59.7 Å². The van der Waals surface area contributed by atoms with E-state index in [4.69, 9.17) is 25.8 Å². The third kappa shape index (κ3) is 3.83. The van der Waals surface area contributed by atoms with Gasteiger partial charge in [0.25, 0.3) is 11.7 Å². The summed E-state index contributed by atoms with van der Waals surface area (Å²) < 4.78 is 30.2. The van der Waals surface area contributed by atoms with E-state index in [1.54, 1.807) is 36.4 Å². The van der Waals surface area contributed by atoms with Gasteiger partial charge in [0.1, 0.15) is 17.3 Å². The molecule has 2 aliphatic rings. The fourth-order valence-electron chi connectivity index (χ4n) is 4.56. The van der Waals surface area contributed by atoms with E-state index in [0.717, 1.165) is 11.6 Å². The largest absolute Gasteiger partial charge is 0.507 e. The highest BCUT2D eigenvalue weighted by Gasteiger charge is 2.47. The molecule has 1 saturated heterocycles. The van der Waals surface area contributed by atoms with E-state index in [9.17, 15) is 19.1 Å². The van der Waals surface area contributed by atoms with Gasteiger partial charge in [-0.25, -0.2) is 4.39 Å². The minimum Gasteiger partial charge on any atom is -0.507 e. The first-order valence-electron chi connectivity index (χ1n) is 11.1. The van der Waals surface area contributed by atoms with Crippen molar-refractivity contribution >= 4 is 34.7 Å². The van der Waals surface area contributed by atoms with Crippen LogP contribution in [-0.2, 0) is 16.0 Å². The van der Waals surface area contributed by atoms with Crippen LogP contribution in [0.2, 0.25) is 5.02 Å². The molecule has 0 radical (unpaired) electrons. The van der Waals surface area contributed by atoms with Crippen LogP contribution in [0.3, 0.4) is 0 Å². The van der Waals surface area contributed by atoms with Crippen molar-refractivity contribution in [3.05, 3.63) is 87.7 Å². The van der Waals surface area contributed by atoms with Crippen LogP contribution >= 0.6 is 11.6 Å². The van der Waals surface area contributed by atoms with Crippen LogP contribution in [0, 0.1) is 5.82 Å². The Kier molecular flexibility index (Phi) is 6.05. The summed E-state index contributed by atoms with van der Waals surface area (Å²) in [5.41, 5.74) is 1.82. The average Bonchev–Trinajstić information content (AvgIpc) is 3.46. The number of ether oxygens (including phenoxy) is 3. The quantitative estimate of drug-likeness (QED) is 0.294. The molecule has 2 heterocycles. The number of hydrogen-bond donors (Lipinski definition) is 1. The fourth-order valence-corrected chi connectivity index (χ4v) is 4.74. The normalized spacial score (nSPS) is 18.2. The molecule has 1 fully saturated rings. The molecule has 2 aliphatic heterocycles. The van der Waals surface area contributed by atoms with Crippen molar-refractivity contribution in [2.75, 3.05) is 25.7 Å². The number of methoxy groups -OCH3 is 2. The van der Waals surface area contributed by atoms with Gasteiger partial charge in [-0.3, -0.25) is 14.5 Å². The highest BCUT2D eigenvalue weighted by atomic mass is 35.5. The Bertz CT molecular complexity index is 1440. The maximum Gasteiger partial charge on any atom is 0.300 e. The molecule has 0 saturated carbocycles. The Hall–Kier alpha value is -4.04. The lowest BCUT2D eigenvalue weighted by atomic mass is 9.94. The maximum atomic E-state index is 13.9. The summed E-state index contributed by atoms with van der Waals surface area (Å²) in [6.07, 6.45) is 0.665. The molecule has 3 aromatic rings. The predicted octanol–water partition coefficient (Wildman–Crippen LogP) is 5.06. The molecule has 5 rings (SSSR count). The third-order valence-corrected chi connectivity index (χ3v) is 6.60. The Morgan fingerprint density at radius 3 is 2.56 bits per heavy atom. The molecule has 0 aliphatic carbocycles. The van der Waals surface area contributed by atoms with Crippen molar-refractivity contribution in [2.45, 2.75) is 12.5 Å². The number of nitrogens with zero attached hydrogens (tertiary/aromatic N) is 1. The van der Waals surface area contributed by atoms with Crippen LogP contribution in [0.15, 0.2) is 60.2 Å². The molecule has 1 atom stereocenters. The zero-order chi connectivity index (χ0) is 25.6. The molecule has 0 spiro atoms. The molecule has 184 valence electrons. The molecular weight excluding hydrogens is 489 g/mol. The number of carbonyl (C=O) groups excluding carboxylic acids is 2. The number of aliphatic hydroxyl groups is 1. The lowest BCUT2D eigenvalue weighted by Crippen LogP contribution is -2.29. The van der Waals surface area contributed by atoms with Crippen LogP contribution in [0.5, 0.6) is 17.2 Å². The summed E-state index contributed by atoms with van der Waals surface area (Å²) in [6.45, 7) is 0.529. The van der Waals surface area contributed by atoms with E-state index in [0.29, 0.717) is 41.4 Å². The summed E-state index contributed by atoms with van der Waals surface area (Å²) in [5, 5.41) is 11.2. The van der Waals surface area contributed by atoms with Crippen molar-refractivity contribution in [3.8, 4) is 17.2 Å². The fraction of sp³-hybridized carbons (Fsp3) is 0.185. The Labute approximate surface area is 211 Å². The first-order valence-corrected chi connectivity index (χ1v) is 11.5. The van der Waals surface area contributed by atoms with Gasteiger partial charge in [-0.2, -0.15) is 0 Å². The number of aliphatic hydroxyl groups excluding tert-OH is 1. The highest BCUT2D eigenvalue weighted by molar-refractivity contribution is 6.51. The lowest BCUT2D eigenvalue weighted by molar-refractivity contribution is -0.132. The van der Waals surface area contributed by atoms with E-state index in [2.05, 4.69) is 0 Å². The van der Waals surface area contributed by atoms with Crippen LogP contribution in [0.1, 0.15) is 22.7 Å². The predicted molar refractivity (Wildman–Crippen MR) is 131 cm³/mol. The van der Waals surface area contributed by atoms with Crippen molar-refractivity contribution in [1.29, 1.82) is 0 Å². The molecule has 36 heavy (non-hydrogen) atoms. The first kappa shape index (κ1) is 23.7. The number of rotatable bonds is 5. The van der Waals surface area contributed by atoms with Crippen LogP contribution < -0.4 is 19.1 Å². The smallest absolute Gasteiger partial charge is 0.300 e. The summed E-state index contributed by atoms with van der Waals surface area (Å²) >= 11 is 6.00. The molecule has 3 aromatic carbocycles. The minimum absolute atomic E-state index is 0.119. The molecule has 1 amide bonds. The summed E-state index contributed by atoms with van der Waals surface area (Å²) in [4.78, 5) is 27.9.